The summed E-state index contributed by atoms with van der Waals surface area (Å²) in [5.74, 6) is 1.88. The van der Waals surface area contributed by atoms with Crippen LogP contribution in [0.4, 0.5) is 0 Å². The molecule has 1 aliphatic rings. The Morgan fingerprint density at radius 2 is 0.806 bits per heavy atom. The second-order valence-electron chi connectivity index (χ2n) is 15.9. The minimum Gasteiger partial charge on any atom is -0.208 e. The minimum atomic E-state index is -0.546. The molecule has 290 valence electrons. The van der Waals surface area contributed by atoms with Crippen molar-refractivity contribution in [3.63, 3.8) is 0 Å². The number of hydrogen-bond donors (Lipinski definition) is 0. The van der Waals surface area contributed by atoms with Gasteiger partial charge in [-0.15, -0.1) is 11.3 Å². The summed E-state index contributed by atoms with van der Waals surface area (Å²) in [5.41, 5.74) is 14.2. The molecule has 62 heavy (non-hydrogen) atoms. The molecular weight excluding hydrogens is 771 g/mol. The van der Waals surface area contributed by atoms with E-state index in [1.165, 1.54) is 59.1 Å². The molecule has 0 radical (unpaired) electrons. The first-order valence-corrected chi connectivity index (χ1v) is 21.8. The molecule has 0 saturated heterocycles. The van der Waals surface area contributed by atoms with Gasteiger partial charge in [0.2, 0.25) is 0 Å². The van der Waals surface area contributed by atoms with Gasteiger partial charge in [-0.3, -0.25) is 0 Å². The molecular formula is C58H37N3S. The van der Waals surface area contributed by atoms with Crippen LogP contribution in [0.3, 0.4) is 0 Å². The molecule has 0 spiro atoms. The van der Waals surface area contributed by atoms with Gasteiger partial charge in [0.05, 0.1) is 5.41 Å². The fraction of sp³-hybridized carbons (Fsp3) is 0.0172. The van der Waals surface area contributed by atoms with Crippen molar-refractivity contribution < 1.29 is 0 Å². The molecule has 0 atom stereocenters. The number of fused-ring (bicyclic) bond motifs is 6. The molecule has 0 saturated carbocycles. The number of benzene rings is 9. The van der Waals surface area contributed by atoms with Crippen LogP contribution in [0.25, 0.3) is 87.7 Å². The van der Waals surface area contributed by atoms with Crippen molar-refractivity contribution in [3.05, 3.63) is 247 Å². The third-order valence-corrected chi connectivity index (χ3v) is 13.6. The highest BCUT2D eigenvalue weighted by molar-refractivity contribution is 7.25. The zero-order chi connectivity index (χ0) is 41.0. The summed E-state index contributed by atoms with van der Waals surface area (Å²) in [5, 5.41) is 2.58. The van der Waals surface area contributed by atoms with Crippen LogP contribution in [0, 0.1) is 0 Å². The van der Waals surface area contributed by atoms with Crippen LogP contribution >= 0.6 is 11.3 Å². The topological polar surface area (TPSA) is 38.7 Å². The highest BCUT2D eigenvalue weighted by Crippen LogP contribution is 2.56. The van der Waals surface area contributed by atoms with Gasteiger partial charge < -0.3 is 0 Å². The van der Waals surface area contributed by atoms with Crippen LogP contribution in [0.15, 0.2) is 224 Å². The van der Waals surface area contributed by atoms with E-state index in [0.29, 0.717) is 17.5 Å². The maximum Gasteiger partial charge on any atom is 0.164 e. The van der Waals surface area contributed by atoms with Crippen molar-refractivity contribution >= 4 is 31.5 Å². The number of rotatable bonds is 7. The number of nitrogens with zero attached hydrogens (tertiary/aromatic N) is 3. The maximum atomic E-state index is 5.35. The van der Waals surface area contributed by atoms with Crippen LogP contribution in [0.1, 0.15) is 22.3 Å². The monoisotopic (exact) mass is 807 g/mol. The summed E-state index contributed by atoms with van der Waals surface area (Å²) >= 11 is 1.84. The molecule has 12 rings (SSSR count). The summed E-state index contributed by atoms with van der Waals surface area (Å²) in [4.78, 5) is 16.0. The summed E-state index contributed by atoms with van der Waals surface area (Å²) in [6, 6.07) is 80.4. The third kappa shape index (κ3) is 5.76. The lowest BCUT2D eigenvalue weighted by Crippen LogP contribution is -2.28. The largest absolute Gasteiger partial charge is 0.208 e. The third-order valence-electron chi connectivity index (χ3n) is 12.5. The van der Waals surface area contributed by atoms with Crippen molar-refractivity contribution in [2.24, 2.45) is 0 Å². The van der Waals surface area contributed by atoms with E-state index in [-0.39, 0.29) is 0 Å². The van der Waals surface area contributed by atoms with Crippen molar-refractivity contribution in [2.75, 3.05) is 0 Å². The van der Waals surface area contributed by atoms with E-state index in [4.69, 9.17) is 15.0 Å². The Morgan fingerprint density at radius 3 is 1.55 bits per heavy atom. The Morgan fingerprint density at radius 1 is 0.306 bits per heavy atom. The Labute approximate surface area is 364 Å². The minimum absolute atomic E-state index is 0.546. The lowest BCUT2D eigenvalue weighted by atomic mass is 9.67. The average Bonchev–Trinajstić information content (AvgIpc) is 3.89. The Balaban J connectivity index is 1.06. The van der Waals surface area contributed by atoms with Crippen molar-refractivity contribution in [2.45, 2.75) is 5.41 Å². The molecule has 4 heteroatoms. The molecule has 0 N–H and O–H groups in total. The normalized spacial score (nSPS) is 12.6. The quantitative estimate of drug-likeness (QED) is 0.161. The Kier molecular flexibility index (Phi) is 8.58. The molecule has 0 bridgehead atoms. The summed E-state index contributed by atoms with van der Waals surface area (Å²) < 4.78 is 2.59. The van der Waals surface area contributed by atoms with Gasteiger partial charge >= 0.3 is 0 Å². The smallest absolute Gasteiger partial charge is 0.164 e. The second-order valence-corrected chi connectivity index (χ2v) is 16.9. The van der Waals surface area contributed by atoms with Crippen molar-refractivity contribution in [3.8, 4) is 67.5 Å². The van der Waals surface area contributed by atoms with E-state index in [1.807, 2.05) is 17.4 Å². The van der Waals surface area contributed by atoms with Crippen LogP contribution in [0.5, 0.6) is 0 Å². The van der Waals surface area contributed by atoms with E-state index >= 15 is 0 Å². The lowest BCUT2D eigenvalue weighted by Gasteiger charge is -2.34. The molecule has 0 unspecified atom stereocenters. The first kappa shape index (κ1) is 36.1. The van der Waals surface area contributed by atoms with E-state index in [2.05, 4.69) is 218 Å². The van der Waals surface area contributed by atoms with Gasteiger partial charge in [-0.2, -0.15) is 0 Å². The Bertz CT molecular complexity index is 3410. The molecule has 1 aliphatic carbocycles. The van der Waals surface area contributed by atoms with Gasteiger partial charge in [0.15, 0.2) is 17.5 Å². The van der Waals surface area contributed by atoms with Gasteiger partial charge in [0.25, 0.3) is 0 Å². The maximum absolute atomic E-state index is 5.35. The summed E-state index contributed by atoms with van der Waals surface area (Å²) in [6.45, 7) is 0. The number of hydrogen-bond acceptors (Lipinski definition) is 4. The van der Waals surface area contributed by atoms with Crippen LogP contribution < -0.4 is 0 Å². The van der Waals surface area contributed by atoms with Crippen LogP contribution in [-0.4, -0.2) is 15.0 Å². The van der Waals surface area contributed by atoms with Gasteiger partial charge in [-0.25, -0.2) is 15.0 Å². The van der Waals surface area contributed by atoms with Crippen LogP contribution in [-0.2, 0) is 5.41 Å². The second kappa shape index (κ2) is 14.7. The van der Waals surface area contributed by atoms with Gasteiger partial charge in [0.1, 0.15) is 0 Å². The molecule has 2 aromatic heterocycles. The molecule has 2 heterocycles. The highest BCUT2D eigenvalue weighted by atomic mass is 32.1. The zero-order valence-corrected chi connectivity index (χ0v) is 34.4. The van der Waals surface area contributed by atoms with Crippen molar-refractivity contribution in [1.29, 1.82) is 0 Å². The van der Waals surface area contributed by atoms with Gasteiger partial charge in [-0.1, -0.05) is 206 Å². The van der Waals surface area contributed by atoms with E-state index in [9.17, 15) is 0 Å². The first-order valence-electron chi connectivity index (χ1n) is 21.0. The number of aromatic nitrogens is 3. The molecule has 11 aromatic rings. The summed E-state index contributed by atoms with van der Waals surface area (Å²) in [6.07, 6.45) is 0. The fourth-order valence-electron chi connectivity index (χ4n) is 9.70. The molecule has 3 nitrogen and oxygen atoms in total. The van der Waals surface area contributed by atoms with Crippen LogP contribution in [0.2, 0.25) is 0 Å². The van der Waals surface area contributed by atoms with E-state index in [1.54, 1.807) is 0 Å². The Hall–Kier alpha value is -7.79. The van der Waals surface area contributed by atoms with E-state index in [0.717, 1.165) is 33.4 Å². The van der Waals surface area contributed by atoms with Crippen molar-refractivity contribution in [1.82, 2.24) is 15.0 Å². The summed E-state index contributed by atoms with van der Waals surface area (Å²) in [7, 11) is 0. The average molecular weight is 808 g/mol. The molecule has 0 aliphatic heterocycles. The predicted molar refractivity (Wildman–Crippen MR) is 257 cm³/mol. The highest BCUT2D eigenvalue weighted by Gasteiger charge is 2.46. The molecule has 0 amide bonds. The predicted octanol–water partition coefficient (Wildman–Crippen LogP) is 14.9. The SMILES string of the molecule is c1ccc(-c2ccccc2-c2nc(-c3ccc(-c4cccc5sc6ccccc6c45)cc3)nc(-c3ccc4c(c3)C(c3ccccc3)(c3ccccc3)c3ccccc3-4)n2)cc1. The molecule has 0 fully saturated rings. The lowest BCUT2D eigenvalue weighted by molar-refractivity contribution is 0.768. The van der Waals surface area contributed by atoms with Gasteiger partial charge in [-0.05, 0) is 73.8 Å². The zero-order valence-electron chi connectivity index (χ0n) is 33.6. The fourth-order valence-corrected chi connectivity index (χ4v) is 10.8. The first-order chi connectivity index (χ1) is 30.7. The van der Waals surface area contributed by atoms with E-state index < -0.39 is 5.41 Å². The van der Waals surface area contributed by atoms with Gasteiger partial charge in [0, 0.05) is 36.9 Å². The number of thiophene rings is 1. The molecule has 9 aromatic carbocycles. The standard InChI is InChI=1S/C58H37N3S/c1-4-17-38(18-5-1)44-23-10-11-25-48(44)57-60-55(40-33-31-39(32-34-40)45-27-16-30-53-54(45)49-26-13-15-29-52(49)62-53)59-56(61-57)41-35-36-47-46-24-12-14-28-50(46)58(51(47)37-41,42-19-6-2-7-20-42)43-21-8-3-9-22-43/h1-37H.